The summed E-state index contributed by atoms with van der Waals surface area (Å²) in [5, 5.41) is 3.55. The molecule has 0 spiro atoms. The van der Waals surface area contributed by atoms with E-state index in [0.29, 0.717) is 6.04 Å². The van der Waals surface area contributed by atoms with Crippen LogP contribution >= 0.6 is 15.9 Å². The van der Waals surface area contributed by atoms with Crippen molar-refractivity contribution < 1.29 is 4.74 Å². The third-order valence-electron chi connectivity index (χ3n) is 3.18. The minimum absolute atomic E-state index is 0.377. The summed E-state index contributed by atoms with van der Waals surface area (Å²) in [6.07, 6.45) is 3.60. The Kier molecular flexibility index (Phi) is 6.72. The first kappa shape index (κ1) is 15.5. The highest BCUT2D eigenvalue weighted by molar-refractivity contribution is 9.10. The van der Waals surface area contributed by atoms with Gasteiger partial charge in [0.2, 0.25) is 0 Å². The Morgan fingerprint density at radius 2 is 2.06 bits per heavy atom. The van der Waals surface area contributed by atoms with Gasteiger partial charge < -0.3 is 10.1 Å². The van der Waals surface area contributed by atoms with Crippen molar-refractivity contribution in [3.05, 3.63) is 27.7 Å². The van der Waals surface area contributed by atoms with Gasteiger partial charge in [-0.25, -0.2) is 0 Å². The fraction of sp³-hybridized carbons (Fsp3) is 0.600. The Labute approximate surface area is 119 Å². The van der Waals surface area contributed by atoms with Crippen LogP contribution in [0.5, 0.6) is 5.75 Å². The Morgan fingerprint density at radius 3 is 2.61 bits per heavy atom. The van der Waals surface area contributed by atoms with Gasteiger partial charge in [-0.2, -0.15) is 0 Å². The second-order valence-electron chi connectivity index (χ2n) is 4.60. The van der Waals surface area contributed by atoms with Gasteiger partial charge in [0.05, 0.1) is 7.11 Å². The molecule has 0 bridgehead atoms. The van der Waals surface area contributed by atoms with E-state index in [4.69, 9.17) is 4.74 Å². The number of unbranched alkanes of at least 4 members (excludes halogenated alkanes) is 1. The zero-order chi connectivity index (χ0) is 13.5. The van der Waals surface area contributed by atoms with Crippen LogP contribution in [0.25, 0.3) is 0 Å². The third kappa shape index (κ3) is 3.99. The summed E-state index contributed by atoms with van der Waals surface area (Å²) in [7, 11) is 1.75. The maximum Gasteiger partial charge on any atom is 0.123 e. The monoisotopic (exact) mass is 313 g/mol. The summed E-state index contributed by atoms with van der Waals surface area (Å²) in [5.41, 5.74) is 2.46. The molecule has 0 amide bonds. The van der Waals surface area contributed by atoms with E-state index in [1.54, 1.807) is 7.11 Å². The SMILES string of the molecule is CCCCC(NCC)c1cc(Br)c(C)cc1OC. The van der Waals surface area contributed by atoms with Crippen molar-refractivity contribution in [2.45, 2.75) is 46.1 Å². The van der Waals surface area contributed by atoms with Crippen LogP contribution < -0.4 is 10.1 Å². The summed E-state index contributed by atoms with van der Waals surface area (Å²) < 4.78 is 6.68. The average molecular weight is 314 g/mol. The van der Waals surface area contributed by atoms with Gasteiger partial charge in [0.25, 0.3) is 0 Å². The van der Waals surface area contributed by atoms with Gasteiger partial charge in [-0.15, -0.1) is 0 Å². The molecular formula is C15H24BrNO. The zero-order valence-corrected chi connectivity index (χ0v) is 13.4. The van der Waals surface area contributed by atoms with E-state index >= 15 is 0 Å². The van der Waals surface area contributed by atoms with Crippen molar-refractivity contribution in [2.24, 2.45) is 0 Å². The van der Waals surface area contributed by atoms with Gasteiger partial charge in [0.15, 0.2) is 0 Å². The molecule has 0 saturated carbocycles. The molecule has 1 unspecified atom stereocenters. The summed E-state index contributed by atoms with van der Waals surface area (Å²) in [6, 6.07) is 4.68. The topological polar surface area (TPSA) is 21.3 Å². The van der Waals surface area contributed by atoms with E-state index in [0.717, 1.165) is 23.2 Å². The van der Waals surface area contributed by atoms with Crippen LogP contribution in [-0.2, 0) is 0 Å². The summed E-state index contributed by atoms with van der Waals surface area (Å²) in [5.74, 6) is 0.984. The first-order valence-corrected chi connectivity index (χ1v) is 7.50. The molecule has 0 radical (unpaired) electrons. The number of ether oxygens (including phenoxy) is 1. The van der Waals surface area contributed by atoms with E-state index in [2.05, 4.69) is 54.2 Å². The Hall–Kier alpha value is -0.540. The molecule has 1 aromatic carbocycles. The minimum Gasteiger partial charge on any atom is -0.496 e. The molecule has 1 aromatic rings. The number of nitrogens with one attached hydrogen (secondary N) is 1. The first-order chi connectivity index (χ1) is 8.63. The van der Waals surface area contributed by atoms with E-state index < -0.39 is 0 Å². The molecule has 1 atom stereocenters. The van der Waals surface area contributed by atoms with Gasteiger partial charge in [0, 0.05) is 16.1 Å². The molecule has 0 aromatic heterocycles. The predicted octanol–water partition coefficient (Wildman–Crippen LogP) is 4.61. The molecule has 102 valence electrons. The summed E-state index contributed by atoms with van der Waals surface area (Å²) >= 11 is 3.61. The molecule has 1 rings (SSSR count). The molecule has 0 heterocycles. The first-order valence-electron chi connectivity index (χ1n) is 6.71. The Bertz CT molecular complexity index is 379. The number of rotatable bonds is 7. The average Bonchev–Trinajstić information content (AvgIpc) is 2.37. The summed E-state index contributed by atoms with van der Waals surface area (Å²) in [6.45, 7) is 7.44. The highest BCUT2D eigenvalue weighted by atomic mass is 79.9. The van der Waals surface area contributed by atoms with Gasteiger partial charge in [-0.1, -0.05) is 42.6 Å². The number of methoxy groups -OCH3 is 1. The number of aryl methyl sites for hydroxylation is 1. The molecule has 0 aliphatic rings. The molecule has 0 saturated heterocycles. The highest BCUT2D eigenvalue weighted by Gasteiger charge is 2.16. The predicted molar refractivity (Wildman–Crippen MR) is 81.4 cm³/mol. The Balaban J connectivity index is 3.04. The molecule has 2 nitrogen and oxygen atoms in total. The van der Waals surface area contributed by atoms with Crippen LogP contribution in [0.2, 0.25) is 0 Å². The molecule has 3 heteroatoms. The lowest BCUT2D eigenvalue weighted by Crippen LogP contribution is -2.21. The van der Waals surface area contributed by atoms with Crippen molar-refractivity contribution in [1.29, 1.82) is 0 Å². The van der Waals surface area contributed by atoms with Gasteiger partial charge in [-0.3, -0.25) is 0 Å². The maximum absolute atomic E-state index is 5.53. The van der Waals surface area contributed by atoms with E-state index in [1.165, 1.54) is 24.0 Å². The second-order valence-corrected chi connectivity index (χ2v) is 5.45. The van der Waals surface area contributed by atoms with Crippen molar-refractivity contribution in [3.8, 4) is 5.75 Å². The molecule has 0 aliphatic carbocycles. The summed E-state index contributed by atoms with van der Waals surface area (Å²) in [4.78, 5) is 0. The van der Waals surface area contributed by atoms with Crippen LogP contribution in [0.1, 0.15) is 50.3 Å². The molecule has 18 heavy (non-hydrogen) atoms. The maximum atomic E-state index is 5.53. The van der Waals surface area contributed by atoms with Crippen molar-refractivity contribution in [2.75, 3.05) is 13.7 Å². The van der Waals surface area contributed by atoms with Crippen molar-refractivity contribution in [3.63, 3.8) is 0 Å². The lowest BCUT2D eigenvalue weighted by atomic mass is 9.99. The quantitative estimate of drug-likeness (QED) is 0.794. The second kappa shape index (κ2) is 7.80. The van der Waals surface area contributed by atoms with Crippen LogP contribution in [0.15, 0.2) is 16.6 Å². The lowest BCUT2D eigenvalue weighted by Gasteiger charge is -2.21. The number of benzene rings is 1. The number of hydrogen-bond donors (Lipinski definition) is 1. The zero-order valence-electron chi connectivity index (χ0n) is 11.8. The van der Waals surface area contributed by atoms with Gasteiger partial charge in [-0.05, 0) is 37.6 Å². The van der Waals surface area contributed by atoms with Crippen molar-refractivity contribution >= 4 is 15.9 Å². The fourth-order valence-corrected chi connectivity index (χ4v) is 2.50. The van der Waals surface area contributed by atoms with Crippen LogP contribution in [0.3, 0.4) is 0 Å². The van der Waals surface area contributed by atoms with E-state index in [1.807, 2.05) is 0 Å². The lowest BCUT2D eigenvalue weighted by molar-refractivity contribution is 0.393. The number of hydrogen-bond acceptors (Lipinski definition) is 2. The van der Waals surface area contributed by atoms with E-state index in [-0.39, 0.29) is 0 Å². The van der Waals surface area contributed by atoms with Gasteiger partial charge >= 0.3 is 0 Å². The third-order valence-corrected chi connectivity index (χ3v) is 4.04. The molecule has 0 fully saturated rings. The fourth-order valence-electron chi connectivity index (χ4n) is 2.14. The van der Waals surface area contributed by atoms with Crippen LogP contribution in [0, 0.1) is 6.92 Å². The number of halogens is 1. The minimum atomic E-state index is 0.377. The normalized spacial score (nSPS) is 12.5. The van der Waals surface area contributed by atoms with E-state index in [9.17, 15) is 0 Å². The van der Waals surface area contributed by atoms with Crippen LogP contribution in [-0.4, -0.2) is 13.7 Å². The van der Waals surface area contributed by atoms with Crippen LogP contribution in [0.4, 0.5) is 0 Å². The Morgan fingerprint density at radius 1 is 1.33 bits per heavy atom. The van der Waals surface area contributed by atoms with Gasteiger partial charge in [0.1, 0.15) is 5.75 Å². The smallest absolute Gasteiger partial charge is 0.123 e. The standard InChI is InChI=1S/C15H24BrNO/c1-5-7-8-14(17-6-2)12-10-13(16)11(3)9-15(12)18-4/h9-10,14,17H,5-8H2,1-4H3. The largest absolute Gasteiger partial charge is 0.496 e. The highest BCUT2D eigenvalue weighted by Crippen LogP contribution is 2.33. The molecule has 1 N–H and O–H groups in total. The van der Waals surface area contributed by atoms with Crippen molar-refractivity contribution in [1.82, 2.24) is 5.32 Å². The molecule has 0 aliphatic heterocycles. The molecular weight excluding hydrogens is 290 g/mol.